The lowest BCUT2D eigenvalue weighted by Gasteiger charge is -2.12. The summed E-state index contributed by atoms with van der Waals surface area (Å²) in [5.74, 6) is 0. The minimum Gasteiger partial charge on any atom is -0.382 e. The third-order valence-corrected chi connectivity index (χ3v) is 3.59. The maximum Gasteiger partial charge on any atom is 0.416 e. The van der Waals surface area contributed by atoms with Crippen molar-refractivity contribution in [2.75, 3.05) is 13.7 Å². The van der Waals surface area contributed by atoms with Crippen molar-refractivity contribution in [3.8, 4) is 0 Å². The molecule has 0 saturated carbocycles. The van der Waals surface area contributed by atoms with Gasteiger partial charge in [-0.2, -0.15) is 21.6 Å². The van der Waals surface area contributed by atoms with Crippen molar-refractivity contribution in [1.29, 1.82) is 0 Å². The van der Waals surface area contributed by atoms with E-state index in [4.69, 9.17) is 8.92 Å². The average molecular weight is 298 g/mol. The highest BCUT2D eigenvalue weighted by molar-refractivity contribution is 7.86. The monoisotopic (exact) mass is 298 g/mol. The number of ether oxygens (including phenoxy) is 1. The van der Waals surface area contributed by atoms with Crippen LogP contribution in [-0.4, -0.2) is 28.2 Å². The van der Waals surface area contributed by atoms with Crippen LogP contribution in [-0.2, 0) is 25.2 Å². The Balaban J connectivity index is 2.91. The third-order valence-electron chi connectivity index (χ3n) is 2.16. The number of benzene rings is 1. The molecule has 108 valence electrons. The summed E-state index contributed by atoms with van der Waals surface area (Å²) in [5, 5.41) is 0. The van der Waals surface area contributed by atoms with Gasteiger partial charge in [0.05, 0.1) is 23.2 Å². The quantitative estimate of drug-likeness (QED) is 0.784. The van der Waals surface area contributed by atoms with Gasteiger partial charge in [0, 0.05) is 7.11 Å². The highest BCUT2D eigenvalue weighted by Crippen LogP contribution is 2.30. The fourth-order valence-corrected chi connectivity index (χ4v) is 2.41. The van der Waals surface area contributed by atoms with Gasteiger partial charge in [-0.3, -0.25) is 4.18 Å². The maximum absolute atomic E-state index is 12.3. The van der Waals surface area contributed by atoms with E-state index in [0.29, 0.717) is 12.1 Å². The number of alkyl halides is 3. The minimum atomic E-state index is -4.51. The zero-order chi connectivity index (χ0) is 14.7. The second-order valence-corrected chi connectivity index (χ2v) is 5.41. The molecule has 0 unspecified atom stereocenters. The van der Waals surface area contributed by atoms with E-state index < -0.39 is 28.0 Å². The molecule has 1 aromatic rings. The van der Waals surface area contributed by atoms with Crippen LogP contribution in [0.25, 0.3) is 0 Å². The summed E-state index contributed by atoms with van der Waals surface area (Å²) < 4.78 is 69.9. The summed E-state index contributed by atoms with van der Waals surface area (Å²) >= 11 is 0. The Labute approximate surface area is 109 Å². The van der Waals surface area contributed by atoms with Crippen molar-refractivity contribution in [2.45, 2.75) is 24.1 Å². The Morgan fingerprint density at radius 3 is 2.16 bits per heavy atom. The molecule has 0 fully saturated rings. The van der Waals surface area contributed by atoms with E-state index in [2.05, 4.69) is 0 Å². The van der Waals surface area contributed by atoms with Crippen molar-refractivity contribution >= 4 is 10.1 Å². The Morgan fingerprint density at radius 2 is 1.74 bits per heavy atom. The second-order valence-electron chi connectivity index (χ2n) is 3.84. The summed E-state index contributed by atoms with van der Waals surface area (Å²) in [6.07, 6.45) is -5.23. The Morgan fingerprint density at radius 1 is 1.21 bits per heavy atom. The van der Waals surface area contributed by atoms with Crippen molar-refractivity contribution in [1.82, 2.24) is 0 Å². The molecule has 0 aliphatic carbocycles. The van der Waals surface area contributed by atoms with Crippen LogP contribution < -0.4 is 0 Å². The first-order chi connectivity index (χ1) is 8.66. The van der Waals surface area contributed by atoms with Gasteiger partial charge >= 0.3 is 6.18 Å². The number of hydrogen-bond acceptors (Lipinski definition) is 4. The van der Waals surface area contributed by atoms with Crippen molar-refractivity contribution < 1.29 is 30.5 Å². The van der Waals surface area contributed by atoms with Gasteiger partial charge in [-0.15, -0.1) is 0 Å². The molecule has 0 spiro atoms. The highest BCUT2D eigenvalue weighted by atomic mass is 32.2. The fraction of sp³-hybridized carbons (Fsp3) is 0.455. The molecule has 4 nitrogen and oxygen atoms in total. The molecule has 0 aliphatic heterocycles. The zero-order valence-corrected chi connectivity index (χ0v) is 11.1. The van der Waals surface area contributed by atoms with E-state index in [0.717, 1.165) is 12.1 Å². The largest absolute Gasteiger partial charge is 0.416 e. The van der Waals surface area contributed by atoms with Crippen LogP contribution >= 0.6 is 0 Å². The maximum atomic E-state index is 12.3. The molecule has 19 heavy (non-hydrogen) atoms. The Kier molecular flexibility index (Phi) is 4.94. The molecule has 1 rings (SSSR count). The van der Waals surface area contributed by atoms with Crippen molar-refractivity contribution in [2.24, 2.45) is 0 Å². The van der Waals surface area contributed by atoms with Crippen molar-refractivity contribution in [3.63, 3.8) is 0 Å². The van der Waals surface area contributed by atoms with Crippen LogP contribution in [0.4, 0.5) is 13.2 Å². The minimum absolute atomic E-state index is 0.0554. The molecule has 0 heterocycles. The standard InChI is InChI=1S/C11H13F3O4S/c1-8(7-17-2)18-19(15,16)10-5-3-9(4-6-10)11(12,13)14/h3-6,8H,7H2,1-2H3/t8-/m1/s1. The number of methoxy groups -OCH3 is 1. The molecule has 8 heteroatoms. The summed E-state index contributed by atoms with van der Waals surface area (Å²) in [6.45, 7) is 1.53. The Bertz CT molecular complexity index is 508. The van der Waals surface area contributed by atoms with Crippen LogP contribution in [0.5, 0.6) is 0 Å². The molecule has 0 amide bonds. The molecule has 0 aliphatic rings. The number of halogens is 3. The molecule has 1 atom stereocenters. The van der Waals surface area contributed by atoms with Gasteiger partial charge in [-0.25, -0.2) is 0 Å². The van der Waals surface area contributed by atoms with Gasteiger partial charge in [0.1, 0.15) is 0 Å². The van der Waals surface area contributed by atoms with Gasteiger partial charge in [-0.1, -0.05) is 0 Å². The average Bonchev–Trinajstić information content (AvgIpc) is 2.27. The number of hydrogen-bond donors (Lipinski definition) is 0. The third kappa shape index (κ3) is 4.48. The van der Waals surface area contributed by atoms with E-state index >= 15 is 0 Å². The molecular weight excluding hydrogens is 285 g/mol. The topological polar surface area (TPSA) is 52.6 Å². The molecule has 0 saturated heterocycles. The molecular formula is C11H13F3O4S. The highest BCUT2D eigenvalue weighted by Gasteiger charge is 2.30. The predicted molar refractivity (Wildman–Crippen MR) is 61.1 cm³/mol. The molecule has 0 bridgehead atoms. The van der Waals surface area contributed by atoms with Crippen LogP contribution in [0.15, 0.2) is 29.2 Å². The SMILES string of the molecule is COC[C@@H](C)OS(=O)(=O)c1ccc(C(F)(F)F)cc1. The zero-order valence-electron chi connectivity index (χ0n) is 10.3. The normalized spacial score (nSPS) is 14.4. The summed E-state index contributed by atoms with van der Waals surface area (Å²) in [4.78, 5) is -0.330. The second kappa shape index (κ2) is 5.89. The molecule has 0 radical (unpaired) electrons. The van der Waals surface area contributed by atoms with E-state index in [1.165, 1.54) is 14.0 Å². The lowest BCUT2D eigenvalue weighted by atomic mass is 10.2. The summed E-state index contributed by atoms with van der Waals surface area (Å²) in [6, 6.07) is 3.10. The van der Waals surface area contributed by atoms with Gasteiger partial charge < -0.3 is 4.74 Å². The summed E-state index contributed by atoms with van der Waals surface area (Å²) in [7, 11) is -2.71. The van der Waals surface area contributed by atoms with E-state index in [-0.39, 0.29) is 11.5 Å². The molecule has 1 aromatic carbocycles. The first-order valence-electron chi connectivity index (χ1n) is 5.26. The van der Waals surface area contributed by atoms with Gasteiger partial charge in [0.25, 0.3) is 10.1 Å². The van der Waals surface area contributed by atoms with Crippen molar-refractivity contribution in [3.05, 3.63) is 29.8 Å². The first-order valence-corrected chi connectivity index (χ1v) is 6.67. The lowest BCUT2D eigenvalue weighted by Crippen LogP contribution is -2.20. The van der Waals surface area contributed by atoms with E-state index in [1.807, 2.05) is 0 Å². The van der Waals surface area contributed by atoms with Crippen LogP contribution in [0.3, 0.4) is 0 Å². The fourth-order valence-electron chi connectivity index (χ4n) is 1.34. The number of rotatable bonds is 5. The first kappa shape index (κ1) is 15.9. The van der Waals surface area contributed by atoms with E-state index in [9.17, 15) is 21.6 Å². The lowest BCUT2D eigenvalue weighted by molar-refractivity contribution is -0.137. The predicted octanol–water partition coefficient (Wildman–Crippen LogP) is 2.45. The molecule has 0 N–H and O–H groups in total. The Hall–Kier alpha value is -1.12. The van der Waals surface area contributed by atoms with Gasteiger partial charge in [-0.05, 0) is 31.2 Å². The van der Waals surface area contributed by atoms with Gasteiger partial charge in [0.15, 0.2) is 0 Å². The van der Waals surface area contributed by atoms with Crippen LogP contribution in [0.1, 0.15) is 12.5 Å². The van der Waals surface area contributed by atoms with Crippen LogP contribution in [0, 0.1) is 0 Å². The van der Waals surface area contributed by atoms with Gasteiger partial charge in [0.2, 0.25) is 0 Å². The smallest absolute Gasteiger partial charge is 0.382 e. The molecule has 0 aromatic heterocycles. The summed E-state index contributed by atoms with van der Waals surface area (Å²) in [5.41, 5.74) is -0.920. The van der Waals surface area contributed by atoms with E-state index in [1.54, 1.807) is 0 Å². The van der Waals surface area contributed by atoms with Crippen LogP contribution in [0.2, 0.25) is 0 Å².